The van der Waals surface area contributed by atoms with E-state index in [1.54, 1.807) is 18.2 Å². The molecule has 0 spiro atoms. The van der Waals surface area contributed by atoms with Gasteiger partial charge >= 0.3 is 0 Å². The van der Waals surface area contributed by atoms with Crippen LogP contribution in [0, 0.1) is 12.8 Å². The molecule has 1 amide bonds. The Labute approximate surface area is 115 Å². The van der Waals surface area contributed by atoms with Gasteiger partial charge in [0.2, 0.25) is 0 Å². The predicted octanol–water partition coefficient (Wildman–Crippen LogP) is 3.35. The molecule has 3 nitrogen and oxygen atoms in total. The average Bonchev–Trinajstić information content (AvgIpc) is 2.42. The van der Waals surface area contributed by atoms with Gasteiger partial charge in [-0.25, -0.2) is 0 Å². The van der Waals surface area contributed by atoms with Gasteiger partial charge < -0.3 is 10.0 Å². The first-order valence-electron chi connectivity index (χ1n) is 7.20. The largest absolute Gasteiger partial charge is 0.508 e. The van der Waals surface area contributed by atoms with Gasteiger partial charge in [0, 0.05) is 18.7 Å². The van der Waals surface area contributed by atoms with Gasteiger partial charge in [-0.2, -0.15) is 0 Å². The number of piperidine rings is 1. The number of carbonyl (C=O) groups is 1. The number of aryl methyl sites for hydroxylation is 1. The fraction of sp³-hybridized carbons (Fsp3) is 0.562. The molecule has 1 saturated heterocycles. The summed E-state index contributed by atoms with van der Waals surface area (Å²) in [6, 6.07) is 5.18. The van der Waals surface area contributed by atoms with Crippen LogP contribution in [0.2, 0.25) is 0 Å². The van der Waals surface area contributed by atoms with Crippen LogP contribution in [-0.2, 0) is 0 Å². The van der Waals surface area contributed by atoms with E-state index in [4.69, 9.17) is 0 Å². The molecule has 0 bridgehead atoms. The standard InChI is InChI=1S/C16H23NO2/c1-3-4-13-7-9-17(10-8-13)16(19)14-6-5-12(2)15(18)11-14/h5-6,11,13,18H,3-4,7-10H2,1-2H3. The molecular weight excluding hydrogens is 238 g/mol. The monoisotopic (exact) mass is 261 g/mol. The van der Waals surface area contributed by atoms with Crippen molar-refractivity contribution in [2.75, 3.05) is 13.1 Å². The number of phenolic OH excluding ortho intramolecular Hbond substituents is 1. The van der Waals surface area contributed by atoms with Crippen LogP contribution in [0.15, 0.2) is 18.2 Å². The third-order valence-corrected chi connectivity index (χ3v) is 4.05. The summed E-state index contributed by atoms with van der Waals surface area (Å²) < 4.78 is 0. The van der Waals surface area contributed by atoms with Gasteiger partial charge in [0.25, 0.3) is 5.91 Å². The zero-order chi connectivity index (χ0) is 13.8. The number of phenols is 1. The minimum atomic E-state index is 0.0465. The zero-order valence-corrected chi connectivity index (χ0v) is 11.9. The molecule has 1 N–H and O–H groups in total. The molecule has 0 unspecified atom stereocenters. The molecule has 0 saturated carbocycles. The van der Waals surface area contributed by atoms with Crippen molar-refractivity contribution < 1.29 is 9.90 Å². The van der Waals surface area contributed by atoms with Gasteiger partial charge in [0.1, 0.15) is 5.75 Å². The lowest BCUT2D eigenvalue weighted by Gasteiger charge is -2.32. The van der Waals surface area contributed by atoms with Crippen molar-refractivity contribution in [2.45, 2.75) is 39.5 Å². The molecule has 104 valence electrons. The van der Waals surface area contributed by atoms with E-state index >= 15 is 0 Å². The lowest BCUT2D eigenvalue weighted by atomic mass is 9.92. The molecule has 1 aromatic carbocycles. The van der Waals surface area contributed by atoms with Crippen LogP contribution in [0.4, 0.5) is 0 Å². The van der Waals surface area contributed by atoms with Crippen LogP contribution in [0.3, 0.4) is 0 Å². The summed E-state index contributed by atoms with van der Waals surface area (Å²) in [6.45, 7) is 5.74. The van der Waals surface area contributed by atoms with Gasteiger partial charge in [-0.15, -0.1) is 0 Å². The van der Waals surface area contributed by atoms with Gasteiger partial charge in [-0.05, 0) is 43.4 Å². The first kappa shape index (κ1) is 13.9. The maximum absolute atomic E-state index is 12.3. The lowest BCUT2D eigenvalue weighted by Crippen LogP contribution is -2.38. The summed E-state index contributed by atoms with van der Waals surface area (Å²) in [6.07, 6.45) is 4.71. The Kier molecular flexibility index (Phi) is 4.46. The van der Waals surface area contributed by atoms with Crippen LogP contribution >= 0.6 is 0 Å². The Balaban J connectivity index is 1.99. The van der Waals surface area contributed by atoms with Crippen molar-refractivity contribution in [3.8, 4) is 5.75 Å². The zero-order valence-electron chi connectivity index (χ0n) is 11.9. The van der Waals surface area contributed by atoms with E-state index in [1.165, 1.54) is 12.8 Å². The maximum Gasteiger partial charge on any atom is 0.253 e. The van der Waals surface area contributed by atoms with Gasteiger partial charge in [-0.1, -0.05) is 25.8 Å². The summed E-state index contributed by atoms with van der Waals surface area (Å²) in [7, 11) is 0. The van der Waals surface area contributed by atoms with Gasteiger partial charge in [0.15, 0.2) is 0 Å². The number of likely N-dealkylation sites (tertiary alicyclic amines) is 1. The number of nitrogens with zero attached hydrogens (tertiary/aromatic N) is 1. The molecule has 0 atom stereocenters. The molecule has 19 heavy (non-hydrogen) atoms. The van der Waals surface area contributed by atoms with Crippen molar-refractivity contribution in [3.05, 3.63) is 29.3 Å². The molecular formula is C16H23NO2. The second-order valence-corrected chi connectivity index (χ2v) is 5.53. The van der Waals surface area contributed by atoms with Crippen LogP contribution in [0.5, 0.6) is 5.75 Å². The van der Waals surface area contributed by atoms with Crippen LogP contribution in [0.25, 0.3) is 0 Å². The minimum Gasteiger partial charge on any atom is -0.508 e. The number of hydrogen-bond acceptors (Lipinski definition) is 2. The summed E-state index contributed by atoms with van der Waals surface area (Å²) >= 11 is 0. The van der Waals surface area contributed by atoms with Crippen LogP contribution in [-0.4, -0.2) is 29.0 Å². The lowest BCUT2D eigenvalue weighted by molar-refractivity contribution is 0.0686. The molecule has 0 radical (unpaired) electrons. The normalized spacial score (nSPS) is 16.6. The molecule has 1 aliphatic heterocycles. The highest BCUT2D eigenvalue weighted by Crippen LogP contribution is 2.24. The summed E-state index contributed by atoms with van der Waals surface area (Å²) in [5.41, 5.74) is 1.40. The SMILES string of the molecule is CCCC1CCN(C(=O)c2ccc(C)c(O)c2)CC1. The molecule has 2 rings (SSSR count). The predicted molar refractivity (Wildman–Crippen MR) is 76.4 cm³/mol. The Morgan fingerprint density at radius 3 is 2.63 bits per heavy atom. The van der Waals surface area contributed by atoms with E-state index in [9.17, 15) is 9.90 Å². The number of amides is 1. The third kappa shape index (κ3) is 3.28. The Morgan fingerprint density at radius 2 is 2.05 bits per heavy atom. The van der Waals surface area contributed by atoms with Crippen LogP contribution in [0.1, 0.15) is 48.5 Å². The first-order chi connectivity index (χ1) is 9.11. The summed E-state index contributed by atoms with van der Waals surface area (Å²) in [5, 5.41) is 9.69. The average molecular weight is 261 g/mol. The fourth-order valence-corrected chi connectivity index (χ4v) is 2.76. The highest BCUT2D eigenvalue weighted by molar-refractivity contribution is 5.94. The van der Waals surface area contributed by atoms with Crippen LogP contribution < -0.4 is 0 Å². The van der Waals surface area contributed by atoms with Crippen molar-refractivity contribution in [1.29, 1.82) is 0 Å². The molecule has 1 heterocycles. The molecule has 1 aromatic rings. The highest BCUT2D eigenvalue weighted by atomic mass is 16.3. The molecule has 3 heteroatoms. The van der Waals surface area contributed by atoms with Gasteiger partial charge in [0.05, 0.1) is 0 Å². The fourth-order valence-electron chi connectivity index (χ4n) is 2.76. The smallest absolute Gasteiger partial charge is 0.253 e. The Hall–Kier alpha value is -1.51. The van der Waals surface area contributed by atoms with E-state index in [0.29, 0.717) is 5.56 Å². The number of hydrogen-bond donors (Lipinski definition) is 1. The van der Waals surface area contributed by atoms with E-state index in [1.807, 2.05) is 11.8 Å². The van der Waals surface area contributed by atoms with Crippen molar-refractivity contribution in [1.82, 2.24) is 4.90 Å². The van der Waals surface area contributed by atoms with Crippen molar-refractivity contribution >= 4 is 5.91 Å². The third-order valence-electron chi connectivity index (χ3n) is 4.05. The topological polar surface area (TPSA) is 40.5 Å². The van der Waals surface area contributed by atoms with E-state index in [-0.39, 0.29) is 11.7 Å². The van der Waals surface area contributed by atoms with E-state index in [0.717, 1.165) is 37.4 Å². The second kappa shape index (κ2) is 6.09. The maximum atomic E-state index is 12.3. The number of carbonyl (C=O) groups excluding carboxylic acids is 1. The molecule has 1 fully saturated rings. The molecule has 1 aliphatic rings. The number of aromatic hydroxyl groups is 1. The molecule has 0 aromatic heterocycles. The second-order valence-electron chi connectivity index (χ2n) is 5.53. The van der Waals surface area contributed by atoms with E-state index in [2.05, 4.69) is 6.92 Å². The summed E-state index contributed by atoms with van der Waals surface area (Å²) in [4.78, 5) is 14.3. The first-order valence-corrected chi connectivity index (χ1v) is 7.20. The van der Waals surface area contributed by atoms with Gasteiger partial charge in [-0.3, -0.25) is 4.79 Å². The Morgan fingerprint density at radius 1 is 1.37 bits per heavy atom. The van der Waals surface area contributed by atoms with Crippen molar-refractivity contribution in [3.63, 3.8) is 0 Å². The minimum absolute atomic E-state index is 0.0465. The highest BCUT2D eigenvalue weighted by Gasteiger charge is 2.23. The quantitative estimate of drug-likeness (QED) is 0.906. The van der Waals surface area contributed by atoms with Crippen molar-refractivity contribution in [2.24, 2.45) is 5.92 Å². The number of benzene rings is 1. The Bertz CT molecular complexity index is 448. The van der Waals surface area contributed by atoms with E-state index < -0.39 is 0 Å². The molecule has 0 aliphatic carbocycles. The number of rotatable bonds is 3. The summed E-state index contributed by atoms with van der Waals surface area (Å²) in [5.74, 6) is 1.03.